The number of hydrogen-bond donors (Lipinski definition) is 0. The third-order valence-corrected chi connectivity index (χ3v) is 5.34. The fourth-order valence-electron chi connectivity index (χ4n) is 3.49. The van der Waals surface area contributed by atoms with Gasteiger partial charge in [-0.2, -0.15) is 17.6 Å². The van der Waals surface area contributed by atoms with Gasteiger partial charge < -0.3 is 4.74 Å². The van der Waals surface area contributed by atoms with Crippen LogP contribution in [0.4, 0.5) is 39.5 Å². The average Bonchev–Trinajstić information content (AvgIpc) is 2.86. The summed E-state index contributed by atoms with van der Waals surface area (Å²) in [6.45, 7) is 0. The first-order chi connectivity index (χ1) is 17.5. The first kappa shape index (κ1) is 25.9. The van der Waals surface area contributed by atoms with Crippen molar-refractivity contribution < 1.29 is 44.3 Å². The van der Waals surface area contributed by atoms with Gasteiger partial charge >= 0.3 is 12.2 Å². The Hall–Kier alpha value is -4.21. The Bertz CT molecular complexity index is 1450. The van der Waals surface area contributed by atoms with Gasteiger partial charge in [0.25, 0.3) is 0 Å². The Morgan fingerprint density at radius 2 is 1.05 bits per heavy atom. The summed E-state index contributed by atoms with van der Waals surface area (Å²) in [5.41, 5.74) is -0.987. The minimum absolute atomic E-state index is 0.0436. The molecule has 0 aliphatic carbocycles. The molecule has 0 aromatic heterocycles. The van der Waals surface area contributed by atoms with Crippen LogP contribution in [0.2, 0.25) is 0 Å². The molecule has 0 aliphatic rings. The second-order valence-electron chi connectivity index (χ2n) is 7.74. The summed E-state index contributed by atoms with van der Waals surface area (Å²) in [5.74, 6) is -7.93. The number of halogens is 9. The normalized spacial score (nSPS) is 11.4. The fraction of sp³-hybridized carbons (Fsp3) is 0.0370. The predicted octanol–water partition coefficient (Wildman–Crippen LogP) is 9.24. The lowest BCUT2D eigenvalue weighted by Crippen LogP contribution is -2.23. The van der Waals surface area contributed by atoms with E-state index < -0.39 is 58.2 Å². The number of benzene rings is 4. The van der Waals surface area contributed by atoms with Crippen molar-refractivity contribution >= 4 is 5.83 Å². The number of hydrogen-bond acceptors (Lipinski definition) is 1. The molecule has 0 spiro atoms. The van der Waals surface area contributed by atoms with Crippen LogP contribution in [-0.2, 0) is 6.11 Å². The van der Waals surface area contributed by atoms with Crippen LogP contribution in [0.3, 0.4) is 0 Å². The molecule has 4 aromatic carbocycles. The Morgan fingerprint density at radius 3 is 1.59 bits per heavy atom. The molecule has 0 bridgehead atoms. The third-order valence-electron chi connectivity index (χ3n) is 5.34. The van der Waals surface area contributed by atoms with Crippen LogP contribution in [0.5, 0.6) is 5.75 Å². The van der Waals surface area contributed by atoms with E-state index in [1.807, 2.05) is 0 Å². The Kier molecular flexibility index (Phi) is 7.02. The molecular formula is C27H13F9O. The molecule has 0 saturated carbocycles. The molecule has 0 heterocycles. The maximum atomic E-state index is 14.7. The summed E-state index contributed by atoms with van der Waals surface area (Å²) in [5, 5.41) is 0. The first-order valence-corrected chi connectivity index (χ1v) is 10.4. The van der Waals surface area contributed by atoms with E-state index >= 15 is 0 Å². The summed E-state index contributed by atoms with van der Waals surface area (Å²) in [6, 6.07) is 13.2. The van der Waals surface area contributed by atoms with Crippen molar-refractivity contribution in [1.82, 2.24) is 0 Å². The van der Waals surface area contributed by atoms with Gasteiger partial charge in [-0.25, -0.2) is 22.0 Å². The first-order valence-electron chi connectivity index (χ1n) is 10.4. The van der Waals surface area contributed by atoms with E-state index in [0.717, 1.165) is 54.6 Å². The van der Waals surface area contributed by atoms with E-state index in [0.29, 0.717) is 0 Å². The maximum absolute atomic E-state index is 14.7. The fourth-order valence-corrected chi connectivity index (χ4v) is 3.49. The van der Waals surface area contributed by atoms with Crippen LogP contribution in [0.15, 0.2) is 84.9 Å². The smallest absolute Gasteiger partial charge is 0.429 e. The summed E-state index contributed by atoms with van der Waals surface area (Å²) >= 11 is 0. The van der Waals surface area contributed by atoms with Gasteiger partial charge in [0.15, 0.2) is 23.3 Å². The molecular weight excluding hydrogens is 511 g/mol. The van der Waals surface area contributed by atoms with Crippen molar-refractivity contribution in [2.24, 2.45) is 0 Å². The van der Waals surface area contributed by atoms with E-state index in [9.17, 15) is 39.5 Å². The second-order valence-corrected chi connectivity index (χ2v) is 7.74. The summed E-state index contributed by atoms with van der Waals surface area (Å²) in [6.07, 6.45) is -6.63. The van der Waals surface area contributed by atoms with Gasteiger partial charge in [-0.3, -0.25) is 0 Å². The van der Waals surface area contributed by atoms with Crippen molar-refractivity contribution in [1.29, 1.82) is 0 Å². The summed E-state index contributed by atoms with van der Waals surface area (Å²) in [4.78, 5) is 0. The lowest BCUT2D eigenvalue weighted by molar-refractivity contribution is -0.187. The van der Waals surface area contributed by atoms with Crippen LogP contribution in [-0.4, -0.2) is 0 Å². The highest BCUT2D eigenvalue weighted by atomic mass is 19.3. The molecule has 0 radical (unpaired) electrons. The lowest BCUT2D eigenvalue weighted by atomic mass is 10.0. The molecule has 0 N–H and O–H groups in total. The highest BCUT2D eigenvalue weighted by Gasteiger charge is 2.37. The molecule has 10 heteroatoms. The lowest BCUT2D eigenvalue weighted by Gasteiger charge is -2.19. The molecule has 4 rings (SSSR count). The van der Waals surface area contributed by atoms with E-state index in [-0.39, 0.29) is 22.3 Å². The molecule has 0 atom stereocenters. The third kappa shape index (κ3) is 5.47. The van der Waals surface area contributed by atoms with Gasteiger partial charge in [0.1, 0.15) is 11.6 Å². The SMILES string of the molecule is FC(F)=C(F)c1ccc(-c2ccc(C(F)(F)Oc3ccc(-c4cc(F)c(F)c(F)c4)cc3)c(F)c2)cc1. The van der Waals surface area contributed by atoms with Gasteiger partial charge in [-0.05, 0) is 58.7 Å². The highest BCUT2D eigenvalue weighted by Crippen LogP contribution is 2.36. The zero-order chi connectivity index (χ0) is 26.9. The van der Waals surface area contributed by atoms with Gasteiger partial charge in [0.05, 0.1) is 5.56 Å². The van der Waals surface area contributed by atoms with Gasteiger partial charge in [-0.1, -0.05) is 42.5 Å². The maximum Gasteiger partial charge on any atom is 0.429 e. The van der Waals surface area contributed by atoms with E-state index in [2.05, 4.69) is 4.74 Å². The number of ether oxygens (including phenoxy) is 1. The molecule has 190 valence electrons. The Labute approximate surface area is 204 Å². The van der Waals surface area contributed by atoms with Crippen LogP contribution in [0.1, 0.15) is 11.1 Å². The largest absolute Gasteiger partial charge is 0.429 e. The molecule has 4 aromatic rings. The molecule has 1 nitrogen and oxygen atoms in total. The molecule has 0 aliphatic heterocycles. The Balaban J connectivity index is 1.53. The van der Waals surface area contributed by atoms with Crippen LogP contribution in [0.25, 0.3) is 28.1 Å². The van der Waals surface area contributed by atoms with E-state index in [1.165, 1.54) is 24.3 Å². The van der Waals surface area contributed by atoms with Crippen LogP contribution >= 0.6 is 0 Å². The monoisotopic (exact) mass is 524 g/mol. The van der Waals surface area contributed by atoms with Gasteiger partial charge in [0, 0.05) is 5.56 Å². The zero-order valence-corrected chi connectivity index (χ0v) is 18.3. The molecule has 37 heavy (non-hydrogen) atoms. The number of alkyl halides is 2. The van der Waals surface area contributed by atoms with Crippen LogP contribution < -0.4 is 4.74 Å². The van der Waals surface area contributed by atoms with Crippen molar-refractivity contribution in [2.45, 2.75) is 6.11 Å². The van der Waals surface area contributed by atoms with Gasteiger partial charge in [0.2, 0.25) is 0 Å². The quantitative estimate of drug-likeness (QED) is 0.181. The predicted molar refractivity (Wildman–Crippen MR) is 118 cm³/mol. The van der Waals surface area contributed by atoms with Crippen molar-refractivity contribution in [3.63, 3.8) is 0 Å². The highest BCUT2D eigenvalue weighted by molar-refractivity contribution is 5.68. The molecule has 0 unspecified atom stereocenters. The minimum atomic E-state index is -4.13. The molecule has 0 saturated heterocycles. The van der Waals surface area contributed by atoms with E-state index in [1.54, 1.807) is 0 Å². The molecule has 0 amide bonds. The minimum Gasteiger partial charge on any atom is -0.429 e. The van der Waals surface area contributed by atoms with E-state index in [4.69, 9.17) is 0 Å². The van der Waals surface area contributed by atoms with Gasteiger partial charge in [-0.15, -0.1) is 0 Å². The summed E-state index contributed by atoms with van der Waals surface area (Å²) < 4.78 is 127. The topological polar surface area (TPSA) is 9.23 Å². The van der Waals surface area contributed by atoms with Crippen molar-refractivity contribution in [3.8, 4) is 28.0 Å². The second kappa shape index (κ2) is 10.0. The van der Waals surface area contributed by atoms with Crippen molar-refractivity contribution in [3.05, 3.63) is 119 Å². The average molecular weight is 524 g/mol. The molecule has 0 fully saturated rings. The zero-order valence-electron chi connectivity index (χ0n) is 18.3. The van der Waals surface area contributed by atoms with Crippen LogP contribution in [0, 0.1) is 23.3 Å². The number of rotatable bonds is 6. The standard InChI is InChI=1S/C27H13F9O/c28-21-11-17(14-1-3-16(4-2-14)24(31)26(33)34)7-10-20(21)27(35,36)37-19-8-5-15(6-9-19)18-12-22(29)25(32)23(30)13-18/h1-13H. The Morgan fingerprint density at radius 1 is 0.568 bits per heavy atom. The van der Waals surface area contributed by atoms with Crippen molar-refractivity contribution in [2.75, 3.05) is 0 Å². The summed E-state index contributed by atoms with van der Waals surface area (Å²) in [7, 11) is 0.